The van der Waals surface area contributed by atoms with E-state index >= 15 is 4.39 Å². The summed E-state index contributed by atoms with van der Waals surface area (Å²) in [4.78, 5) is 28.6. The van der Waals surface area contributed by atoms with Crippen LogP contribution in [0.3, 0.4) is 0 Å². The van der Waals surface area contributed by atoms with Crippen LogP contribution in [0.15, 0.2) is 84.4 Å². The fourth-order valence-corrected chi connectivity index (χ4v) is 4.72. The van der Waals surface area contributed by atoms with Crippen LogP contribution in [-0.2, 0) is 16.1 Å². The Balaban J connectivity index is 1.58. The molecule has 38 heavy (non-hydrogen) atoms. The van der Waals surface area contributed by atoms with Crippen LogP contribution >= 0.6 is 0 Å². The van der Waals surface area contributed by atoms with Crippen LogP contribution in [0.4, 0.5) is 15.8 Å². The number of carbonyl (C=O) groups is 2. The molecule has 3 aromatic rings. The molecule has 0 radical (unpaired) electrons. The van der Waals surface area contributed by atoms with Crippen LogP contribution in [0.5, 0.6) is 5.75 Å². The zero-order valence-electron chi connectivity index (χ0n) is 20.9. The van der Waals surface area contributed by atoms with E-state index in [-0.39, 0.29) is 12.2 Å². The Morgan fingerprint density at radius 2 is 1.79 bits per heavy atom. The second-order valence-electron chi connectivity index (χ2n) is 9.37. The Bertz CT molecular complexity index is 1450. The topological polar surface area (TPSA) is 97.7 Å². The average molecular weight is 512 g/mol. The fourth-order valence-electron chi connectivity index (χ4n) is 4.72. The molecule has 0 bridgehead atoms. The molecule has 9 heteroatoms. The lowest BCUT2D eigenvalue weighted by molar-refractivity contribution is -0.137. The predicted molar refractivity (Wildman–Crippen MR) is 141 cm³/mol. The molecule has 8 nitrogen and oxygen atoms in total. The molecule has 2 unspecified atom stereocenters. The van der Waals surface area contributed by atoms with Crippen LogP contribution in [0, 0.1) is 17.2 Å². The number of para-hydroxylation sites is 3. The number of carbonyl (C=O) groups excluding carboxylic acids is 2. The van der Waals surface area contributed by atoms with Crippen molar-refractivity contribution in [3.8, 4) is 11.8 Å². The van der Waals surface area contributed by atoms with Crippen LogP contribution in [-0.4, -0.2) is 43.1 Å². The van der Waals surface area contributed by atoms with Gasteiger partial charge in [-0.2, -0.15) is 10.7 Å². The Hall–Kier alpha value is -4.52. The molecular weight excluding hydrogens is 485 g/mol. The molecule has 2 heterocycles. The Labute approximate surface area is 219 Å². The normalized spacial score (nSPS) is 18.8. The van der Waals surface area contributed by atoms with E-state index in [1.807, 2.05) is 37.2 Å². The first-order valence-electron chi connectivity index (χ1n) is 12.1. The number of ketones is 1. The third-order valence-electron chi connectivity index (χ3n) is 6.44. The van der Waals surface area contributed by atoms with Gasteiger partial charge in [0.1, 0.15) is 12.4 Å². The third-order valence-corrected chi connectivity index (χ3v) is 6.44. The van der Waals surface area contributed by atoms with Crippen molar-refractivity contribution in [3.63, 3.8) is 0 Å². The number of Topliss-reactive ketones (excluding diaryl/α,β-unsaturated/α-hetero) is 1. The van der Waals surface area contributed by atoms with Gasteiger partial charge in [-0.1, -0.05) is 48.5 Å². The van der Waals surface area contributed by atoms with Crippen LogP contribution in [0.2, 0.25) is 0 Å². The number of halogens is 1. The zero-order chi connectivity index (χ0) is 26.9. The number of amides is 1. The first kappa shape index (κ1) is 25.1. The van der Waals surface area contributed by atoms with Gasteiger partial charge in [0.25, 0.3) is 5.79 Å². The monoisotopic (exact) mass is 511 g/mol. The maximum atomic E-state index is 16.9. The van der Waals surface area contributed by atoms with E-state index in [9.17, 15) is 14.9 Å². The quantitative estimate of drug-likeness (QED) is 0.367. The molecule has 192 valence electrons. The van der Waals surface area contributed by atoms with Gasteiger partial charge in [-0.05, 0) is 44.4 Å². The second-order valence-corrected chi connectivity index (χ2v) is 9.37. The smallest absolute Gasteiger partial charge is 0.266 e. The van der Waals surface area contributed by atoms with Gasteiger partial charge in [0.2, 0.25) is 11.7 Å². The van der Waals surface area contributed by atoms with E-state index in [0.717, 1.165) is 5.56 Å². The largest absolute Gasteiger partial charge is 0.488 e. The van der Waals surface area contributed by atoms with Crippen molar-refractivity contribution >= 4 is 28.8 Å². The third kappa shape index (κ3) is 4.41. The minimum Gasteiger partial charge on any atom is -0.488 e. The molecule has 0 saturated carbocycles. The Morgan fingerprint density at radius 1 is 1.11 bits per heavy atom. The lowest BCUT2D eigenvalue weighted by Gasteiger charge is -2.27. The van der Waals surface area contributed by atoms with E-state index in [4.69, 9.17) is 4.74 Å². The summed E-state index contributed by atoms with van der Waals surface area (Å²) in [5, 5.41) is 13.8. The number of hydrazine groups is 1. The molecule has 0 aromatic heterocycles. The molecule has 0 saturated heterocycles. The van der Waals surface area contributed by atoms with Crippen molar-refractivity contribution in [2.24, 2.45) is 5.92 Å². The molecular formula is C29H26FN5O3. The summed E-state index contributed by atoms with van der Waals surface area (Å²) in [6.45, 7) is 0.365. The minimum atomic E-state index is -2.85. The summed E-state index contributed by atoms with van der Waals surface area (Å²) in [5.41, 5.74) is 5.61. The van der Waals surface area contributed by atoms with Gasteiger partial charge in [0, 0.05) is 23.4 Å². The molecule has 2 aliphatic heterocycles. The number of anilines is 2. The molecule has 2 atom stereocenters. The molecule has 0 fully saturated rings. The van der Waals surface area contributed by atoms with E-state index in [0.29, 0.717) is 34.9 Å². The standard InChI is InChI=1S/C29H26FN5O3/c1-34(2)17-19-10-9-15-22-25-24(18-38-26(19)22)29(30,33-35(25)21-13-7-4-8-14-21)27(36)23(16-31)28(37)32-20-11-5-3-6-12-20/h3-15,23,33H,17-18H2,1-2H3,(H,32,37). The van der Waals surface area contributed by atoms with Crippen molar-refractivity contribution < 1.29 is 18.7 Å². The summed E-state index contributed by atoms with van der Waals surface area (Å²) < 4.78 is 23.0. The first-order chi connectivity index (χ1) is 18.3. The van der Waals surface area contributed by atoms with Crippen LogP contribution in [0.1, 0.15) is 11.1 Å². The predicted octanol–water partition coefficient (Wildman–Crippen LogP) is 3.89. The second kappa shape index (κ2) is 10.1. The fraction of sp³-hybridized carbons (Fsp3) is 0.207. The van der Waals surface area contributed by atoms with Crippen molar-refractivity contribution in [3.05, 3.63) is 95.6 Å². The Morgan fingerprint density at radius 3 is 2.45 bits per heavy atom. The lowest BCUT2D eigenvalue weighted by Crippen LogP contribution is -2.55. The molecule has 3 aromatic carbocycles. The van der Waals surface area contributed by atoms with Crippen LogP contribution in [0.25, 0.3) is 5.70 Å². The number of ether oxygens (including phenoxy) is 1. The number of benzene rings is 3. The van der Waals surface area contributed by atoms with Gasteiger partial charge in [-0.15, -0.1) is 0 Å². The number of fused-ring (bicyclic) bond motifs is 2. The summed E-state index contributed by atoms with van der Waals surface area (Å²) in [6.07, 6.45) is 0. The van der Waals surface area contributed by atoms with Gasteiger partial charge in [-0.25, -0.2) is 4.39 Å². The number of hydrogen-bond acceptors (Lipinski definition) is 7. The van der Waals surface area contributed by atoms with Gasteiger partial charge >= 0.3 is 0 Å². The first-order valence-corrected chi connectivity index (χ1v) is 12.1. The van der Waals surface area contributed by atoms with E-state index in [1.54, 1.807) is 66.7 Å². The number of nitriles is 1. The maximum Gasteiger partial charge on any atom is 0.266 e. The summed E-state index contributed by atoms with van der Waals surface area (Å²) in [7, 11) is 3.88. The number of nitrogens with one attached hydrogen (secondary N) is 2. The van der Waals surface area contributed by atoms with Crippen molar-refractivity contribution in [2.45, 2.75) is 12.3 Å². The SMILES string of the molecule is CN(C)Cc1cccc2c1OCC1=C2N(c2ccccc2)NC1(F)C(=O)C(C#N)C(=O)Nc1ccccc1. The highest BCUT2D eigenvalue weighted by atomic mass is 19.1. The molecule has 0 spiro atoms. The molecule has 2 aliphatic rings. The highest BCUT2D eigenvalue weighted by Crippen LogP contribution is 2.47. The van der Waals surface area contributed by atoms with Crippen molar-refractivity contribution in [1.82, 2.24) is 10.3 Å². The number of hydrogen-bond donors (Lipinski definition) is 2. The van der Waals surface area contributed by atoms with Crippen molar-refractivity contribution in [2.75, 3.05) is 31.0 Å². The van der Waals surface area contributed by atoms with E-state index in [1.165, 1.54) is 5.01 Å². The van der Waals surface area contributed by atoms with E-state index < -0.39 is 23.4 Å². The minimum absolute atomic E-state index is 0.00798. The van der Waals surface area contributed by atoms with Gasteiger partial charge < -0.3 is 15.0 Å². The highest BCUT2D eigenvalue weighted by molar-refractivity contribution is 6.14. The summed E-state index contributed by atoms with van der Waals surface area (Å²) >= 11 is 0. The zero-order valence-corrected chi connectivity index (χ0v) is 20.9. The maximum absolute atomic E-state index is 16.9. The van der Waals surface area contributed by atoms with Crippen molar-refractivity contribution in [1.29, 1.82) is 5.26 Å². The Kier molecular flexibility index (Phi) is 6.68. The number of nitrogens with zero attached hydrogens (tertiary/aromatic N) is 3. The molecule has 1 amide bonds. The number of alkyl halides is 1. The van der Waals surface area contributed by atoms with Gasteiger partial charge in [0.05, 0.1) is 23.0 Å². The van der Waals surface area contributed by atoms with Gasteiger partial charge in [0.15, 0.2) is 5.92 Å². The lowest BCUT2D eigenvalue weighted by atomic mass is 9.88. The van der Waals surface area contributed by atoms with Gasteiger partial charge in [-0.3, -0.25) is 14.6 Å². The number of rotatable bonds is 7. The average Bonchev–Trinajstić information content (AvgIpc) is 3.24. The summed E-state index contributed by atoms with van der Waals surface area (Å²) in [6, 6.07) is 24.7. The molecule has 2 N–H and O–H groups in total. The molecule has 0 aliphatic carbocycles. The summed E-state index contributed by atoms with van der Waals surface area (Å²) in [5.74, 6) is -6.28. The molecule has 5 rings (SSSR count). The van der Waals surface area contributed by atoms with Crippen LogP contribution < -0.4 is 20.5 Å². The van der Waals surface area contributed by atoms with E-state index in [2.05, 4.69) is 10.7 Å². The highest BCUT2D eigenvalue weighted by Gasteiger charge is 2.56.